The summed E-state index contributed by atoms with van der Waals surface area (Å²) in [5.41, 5.74) is 2.61. The number of carbonyl (C=O) groups excluding carboxylic acids is 1. The topological polar surface area (TPSA) is 26.3 Å². The van der Waals surface area contributed by atoms with Crippen molar-refractivity contribution in [3.63, 3.8) is 0 Å². The molecule has 0 bridgehead atoms. The molecular formula is C17H15ClO2. The summed E-state index contributed by atoms with van der Waals surface area (Å²) in [5.74, 6) is 0.714. The van der Waals surface area contributed by atoms with E-state index in [9.17, 15) is 4.79 Å². The number of rotatable bonds is 2. The molecule has 0 aromatic heterocycles. The fourth-order valence-corrected chi connectivity index (χ4v) is 2.95. The van der Waals surface area contributed by atoms with E-state index in [1.165, 1.54) is 0 Å². The fourth-order valence-electron chi connectivity index (χ4n) is 2.62. The molecule has 0 fully saturated rings. The van der Waals surface area contributed by atoms with Gasteiger partial charge in [-0.05, 0) is 37.1 Å². The minimum Gasteiger partial charge on any atom is -0.493 e. The highest BCUT2D eigenvalue weighted by molar-refractivity contribution is 6.34. The zero-order valence-corrected chi connectivity index (χ0v) is 12.0. The van der Waals surface area contributed by atoms with Crippen molar-refractivity contribution in [1.29, 1.82) is 0 Å². The predicted octanol–water partition coefficient (Wildman–Crippen LogP) is 4.40. The van der Waals surface area contributed by atoms with Gasteiger partial charge in [0.1, 0.15) is 5.75 Å². The minimum atomic E-state index is -0.167. The predicted molar refractivity (Wildman–Crippen MR) is 79.8 cm³/mol. The molecule has 1 unspecified atom stereocenters. The molecule has 1 aliphatic heterocycles. The smallest absolute Gasteiger partial charge is 0.172 e. The second kappa shape index (κ2) is 5.29. The van der Waals surface area contributed by atoms with E-state index in [1.807, 2.05) is 49.4 Å². The number of aryl methyl sites for hydroxylation is 1. The van der Waals surface area contributed by atoms with Gasteiger partial charge in [-0.1, -0.05) is 35.9 Å². The standard InChI is InChI=1S/C17H15ClO2/c1-11-6-7-14(15(18)10-11)17(19)13-8-9-20-16-5-3-2-4-12(13)16/h2-7,10,13H,8-9H2,1H3. The van der Waals surface area contributed by atoms with E-state index in [0.29, 0.717) is 23.6 Å². The van der Waals surface area contributed by atoms with Gasteiger partial charge >= 0.3 is 0 Å². The summed E-state index contributed by atoms with van der Waals surface area (Å²) >= 11 is 6.22. The molecule has 0 saturated carbocycles. The lowest BCUT2D eigenvalue weighted by Crippen LogP contribution is -2.21. The monoisotopic (exact) mass is 286 g/mol. The van der Waals surface area contributed by atoms with Gasteiger partial charge in [-0.15, -0.1) is 0 Å². The van der Waals surface area contributed by atoms with E-state index in [4.69, 9.17) is 16.3 Å². The number of benzene rings is 2. The summed E-state index contributed by atoms with van der Waals surface area (Å²) < 4.78 is 5.60. The molecule has 3 heteroatoms. The highest BCUT2D eigenvalue weighted by atomic mass is 35.5. The number of fused-ring (bicyclic) bond motifs is 1. The van der Waals surface area contributed by atoms with Crippen molar-refractivity contribution >= 4 is 17.4 Å². The van der Waals surface area contributed by atoms with Crippen LogP contribution in [0.15, 0.2) is 42.5 Å². The maximum atomic E-state index is 12.8. The summed E-state index contributed by atoms with van der Waals surface area (Å²) in [6.45, 7) is 2.53. The van der Waals surface area contributed by atoms with Crippen LogP contribution >= 0.6 is 11.6 Å². The third-order valence-electron chi connectivity index (χ3n) is 3.67. The average Bonchev–Trinajstić information content (AvgIpc) is 2.46. The third-order valence-corrected chi connectivity index (χ3v) is 3.98. The number of Topliss-reactive ketones (excluding diaryl/α,β-unsaturated/α-hetero) is 1. The Hall–Kier alpha value is -1.80. The maximum Gasteiger partial charge on any atom is 0.172 e. The van der Waals surface area contributed by atoms with E-state index in [1.54, 1.807) is 0 Å². The zero-order valence-electron chi connectivity index (χ0n) is 11.2. The van der Waals surface area contributed by atoms with Crippen LogP contribution in [0.1, 0.15) is 33.8 Å². The van der Waals surface area contributed by atoms with Gasteiger partial charge in [0.2, 0.25) is 0 Å². The molecule has 2 aromatic carbocycles. The number of ether oxygens (including phenoxy) is 1. The normalized spacial score (nSPS) is 17.2. The summed E-state index contributed by atoms with van der Waals surface area (Å²) in [5, 5.41) is 0.527. The molecule has 1 heterocycles. The van der Waals surface area contributed by atoms with Crippen LogP contribution in [0.2, 0.25) is 5.02 Å². The number of hydrogen-bond donors (Lipinski definition) is 0. The van der Waals surface area contributed by atoms with Crippen molar-refractivity contribution in [2.75, 3.05) is 6.61 Å². The summed E-state index contributed by atoms with van der Waals surface area (Å²) in [7, 11) is 0. The molecule has 0 radical (unpaired) electrons. The van der Waals surface area contributed by atoms with Crippen LogP contribution in [-0.4, -0.2) is 12.4 Å². The fraction of sp³-hybridized carbons (Fsp3) is 0.235. The molecule has 1 aliphatic rings. The van der Waals surface area contributed by atoms with Crippen LogP contribution in [0.3, 0.4) is 0 Å². The Morgan fingerprint density at radius 2 is 2.05 bits per heavy atom. The van der Waals surface area contributed by atoms with Crippen molar-refractivity contribution in [3.05, 3.63) is 64.2 Å². The number of hydrogen-bond acceptors (Lipinski definition) is 2. The molecule has 2 nitrogen and oxygen atoms in total. The molecule has 0 amide bonds. The molecule has 0 spiro atoms. The van der Waals surface area contributed by atoms with E-state index in [2.05, 4.69) is 0 Å². The van der Waals surface area contributed by atoms with Crippen LogP contribution in [0.25, 0.3) is 0 Å². The van der Waals surface area contributed by atoms with Gasteiger partial charge < -0.3 is 4.74 Å². The van der Waals surface area contributed by atoms with Gasteiger partial charge in [0.05, 0.1) is 17.5 Å². The highest BCUT2D eigenvalue weighted by Crippen LogP contribution is 2.36. The van der Waals surface area contributed by atoms with Crippen molar-refractivity contribution in [2.24, 2.45) is 0 Å². The number of halogens is 1. The number of carbonyl (C=O) groups is 1. The van der Waals surface area contributed by atoms with Gasteiger partial charge in [0, 0.05) is 11.1 Å². The summed E-state index contributed by atoms with van der Waals surface area (Å²) in [6, 6.07) is 13.3. The Bertz CT molecular complexity index is 664. The maximum absolute atomic E-state index is 12.8. The first-order chi connectivity index (χ1) is 9.66. The van der Waals surface area contributed by atoms with Crippen LogP contribution in [0.5, 0.6) is 5.75 Å². The Morgan fingerprint density at radius 1 is 1.25 bits per heavy atom. The van der Waals surface area contributed by atoms with Crippen LogP contribution < -0.4 is 4.74 Å². The van der Waals surface area contributed by atoms with Crippen molar-refractivity contribution in [1.82, 2.24) is 0 Å². The summed E-state index contributed by atoms with van der Waals surface area (Å²) in [4.78, 5) is 12.8. The first-order valence-electron chi connectivity index (χ1n) is 6.69. The van der Waals surface area contributed by atoms with Gasteiger partial charge in [-0.2, -0.15) is 0 Å². The first-order valence-corrected chi connectivity index (χ1v) is 7.06. The quantitative estimate of drug-likeness (QED) is 0.765. The number of para-hydroxylation sites is 1. The second-order valence-corrected chi connectivity index (χ2v) is 5.48. The zero-order chi connectivity index (χ0) is 14.1. The minimum absolute atomic E-state index is 0.0748. The average molecular weight is 287 g/mol. The lowest BCUT2D eigenvalue weighted by atomic mass is 9.86. The molecule has 0 saturated heterocycles. The second-order valence-electron chi connectivity index (χ2n) is 5.08. The Balaban J connectivity index is 2.00. The Kier molecular flexibility index (Phi) is 3.49. The van der Waals surface area contributed by atoms with E-state index < -0.39 is 0 Å². The molecule has 0 N–H and O–H groups in total. The molecule has 3 rings (SSSR count). The molecule has 1 atom stereocenters. The highest BCUT2D eigenvalue weighted by Gasteiger charge is 2.29. The third kappa shape index (κ3) is 2.32. The van der Waals surface area contributed by atoms with Gasteiger partial charge in [-0.3, -0.25) is 4.79 Å². The van der Waals surface area contributed by atoms with Crippen LogP contribution in [-0.2, 0) is 0 Å². The largest absolute Gasteiger partial charge is 0.493 e. The Labute approximate surface area is 123 Å². The molecular weight excluding hydrogens is 272 g/mol. The van der Waals surface area contributed by atoms with Crippen molar-refractivity contribution in [2.45, 2.75) is 19.3 Å². The molecule has 2 aromatic rings. The summed E-state index contributed by atoms with van der Waals surface area (Å²) in [6.07, 6.45) is 0.694. The SMILES string of the molecule is Cc1ccc(C(=O)C2CCOc3ccccc32)c(Cl)c1. The van der Waals surface area contributed by atoms with Crippen LogP contribution in [0.4, 0.5) is 0 Å². The van der Waals surface area contributed by atoms with Gasteiger partial charge in [0.25, 0.3) is 0 Å². The molecule has 0 aliphatic carbocycles. The van der Waals surface area contributed by atoms with E-state index in [0.717, 1.165) is 16.9 Å². The first kappa shape index (κ1) is 13.2. The van der Waals surface area contributed by atoms with Crippen molar-refractivity contribution < 1.29 is 9.53 Å². The van der Waals surface area contributed by atoms with E-state index >= 15 is 0 Å². The van der Waals surface area contributed by atoms with Gasteiger partial charge in [0.15, 0.2) is 5.78 Å². The van der Waals surface area contributed by atoms with Gasteiger partial charge in [-0.25, -0.2) is 0 Å². The lowest BCUT2D eigenvalue weighted by Gasteiger charge is -2.25. The van der Waals surface area contributed by atoms with Crippen molar-refractivity contribution in [3.8, 4) is 5.75 Å². The van der Waals surface area contributed by atoms with E-state index in [-0.39, 0.29) is 11.7 Å². The molecule has 20 heavy (non-hydrogen) atoms. The van der Waals surface area contributed by atoms with Crippen LogP contribution in [0, 0.1) is 6.92 Å². The molecule has 102 valence electrons. The number of ketones is 1. The Morgan fingerprint density at radius 3 is 2.85 bits per heavy atom. The lowest BCUT2D eigenvalue weighted by molar-refractivity contribution is 0.0933.